The van der Waals surface area contributed by atoms with E-state index in [1.54, 1.807) is 12.1 Å². The van der Waals surface area contributed by atoms with Crippen LogP contribution >= 0.6 is 0 Å². The van der Waals surface area contributed by atoms with Crippen molar-refractivity contribution >= 4 is 0 Å². The lowest BCUT2D eigenvalue weighted by Crippen LogP contribution is -2.71. The standard InChI is InChI=1S/C22H27FN2/c1-21(2)22(24-14-15-25(21)3,17-9-11-18(23)12-10-17)20-13-8-16-6-4-5-7-19(16)20/h4-7,9-12,20,24H,8,13-15H2,1-3H3. The summed E-state index contributed by atoms with van der Waals surface area (Å²) in [6, 6.07) is 16.0. The van der Waals surface area contributed by atoms with Gasteiger partial charge in [-0.3, -0.25) is 4.90 Å². The number of aryl methyl sites for hydroxylation is 1. The molecule has 2 aromatic carbocycles. The third-order valence-corrected chi connectivity index (χ3v) is 6.73. The van der Waals surface area contributed by atoms with Gasteiger partial charge in [0.2, 0.25) is 0 Å². The minimum atomic E-state index is -0.236. The number of halogens is 1. The van der Waals surface area contributed by atoms with Gasteiger partial charge >= 0.3 is 0 Å². The summed E-state index contributed by atoms with van der Waals surface area (Å²) in [4.78, 5) is 2.45. The molecule has 1 aliphatic heterocycles. The first-order valence-corrected chi connectivity index (χ1v) is 9.27. The molecule has 1 fully saturated rings. The second kappa shape index (κ2) is 5.93. The highest BCUT2D eigenvalue weighted by Gasteiger charge is 2.56. The number of likely N-dealkylation sites (N-methyl/N-ethyl adjacent to an activating group) is 1. The second-order valence-electron chi connectivity index (χ2n) is 8.01. The van der Waals surface area contributed by atoms with E-state index in [4.69, 9.17) is 0 Å². The van der Waals surface area contributed by atoms with E-state index in [9.17, 15) is 4.39 Å². The van der Waals surface area contributed by atoms with Crippen LogP contribution in [0.2, 0.25) is 0 Å². The monoisotopic (exact) mass is 338 g/mol. The van der Waals surface area contributed by atoms with E-state index in [0.717, 1.165) is 25.9 Å². The van der Waals surface area contributed by atoms with E-state index in [2.05, 4.69) is 55.4 Å². The Balaban J connectivity index is 1.93. The van der Waals surface area contributed by atoms with Crippen LogP contribution in [0.15, 0.2) is 48.5 Å². The summed E-state index contributed by atoms with van der Waals surface area (Å²) in [5.41, 5.74) is 3.76. The van der Waals surface area contributed by atoms with Gasteiger partial charge in [-0.05, 0) is 62.6 Å². The molecular formula is C22H27FN2. The molecule has 0 amide bonds. The molecule has 0 bridgehead atoms. The molecule has 4 rings (SSSR count). The lowest BCUT2D eigenvalue weighted by molar-refractivity contribution is -0.0141. The zero-order valence-electron chi connectivity index (χ0n) is 15.3. The Labute approximate surface area is 150 Å². The highest BCUT2D eigenvalue weighted by Crippen LogP contribution is 2.53. The van der Waals surface area contributed by atoms with E-state index in [1.807, 2.05) is 12.1 Å². The first-order chi connectivity index (χ1) is 12.0. The number of piperazine rings is 1. The maximum absolute atomic E-state index is 13.6. The number of nitrogens with one attached hydrogen (secondary N) is 1. The van der Waals surface area contributed by atoms with Gasteiger partial charge in [0.25, 0.3) is 0 Å². The Kier molecular flexibility index (Phi) is 3.97. The first-order valence-electron chi connectivity index (χ1n) is 9.27. The molecule has 1 heterocycles. The molecule has 1 N–H and O–H groups in total. The van der Waals surface area contributed by atoms with Crippen LogP contribution in [0.4, 0.5) is 4.39 Å². The average molecular weight is 338 g/mol. The van der Waals surface area contributed by atoms with E-state index >= 15 is 0 Å². The van der Waals surface area contributed by atoms with Crippen molar-refractivity contribution in [1.82, 2.24) is 10.2 Å². The highest BCUT2D eigenvalue weighted by atomic mass is 19.1. The van der Waals surface area contributed by atoms with Crippen molar-refractivity contribution in [2.45, 2.75) is 43.7 Å². The lowest BCUT2D eigenvalue weighted by Gasteiger charge is -2.59. The first kappa shape index (κ1) is 16.7. The normalized spacial score (nSPS) is 28.7. The maximum atomic E-state index is 13.6. The zero-order valence-corrected chi connectivity index (χ0v) is 15.3. The third-order valence-electron chi connectivity index (χ3n) is 6.73. The number of fused-ring (bicyclic) bond motifs is 1. The SMILES string of the molecule is CN1CCNC(c2ccc(F)cc2)(C2CCc3ccccc32)C1(C)C. The van der Waals surface area contributed by atoms with Crippen LogP contribution in [0.1, 0.15) is 42.9 Å². The van der Waals surface area contributed by atoms with Crippen molar-refractivity contribution in [3.05, 3.63) is 71.0 Å². The number of nitrogens with zero attached hydrogens (tertiary/aromatic N) is 1. The van der Waals surface area contributed by atoms with Gasteiger partial charge in [-0.25, -0.2) is 4.39 Å². The maximum Gasteiger partial charge on any atom is 0.123 e. The van der Waals surface area contributed by atoms with E-state index in [1.165, 1.54) is 16.7 Å². The average Bonchev–Trinajstić information content (AvgIpc) is 3.03. The van der Waals surface area contributed by atoms with Gasteiger partial charge in [-0.1, -0.05) is 36.4 Å². The van der Waals surface area contributed by atoms with Crippen LogP contribution in [0.3, 0.4) is 0 Å². The Bertz CT molecular complexity index is 768. The summed E-state index contributed by atoms with van der Waals surface area (Å²) in [5.74, 6) is 0.208. The van der Waals surface area contributed by atoms with Gasteiger partial charge in [-0.15, -0.1) is 0 Å². The lowest BCUT2D eigenvalue weighted by atomic mass is 9.62. The summed E-state index contributed by atoms with van der Waals surface area (Å²) in [5, 5.41) is 3.91. The Hall–Kier alpha value is -1.71. The highest BCUT2D eigenvalue weighted by molar-refractivity contribution is 5.44. The van der Waals surface area contributed by atoms with Crippen LogP contribution in [-0.2, 0) is 12.0 Å². The summed E-state index contributed by atoms with van der Waals surface area (Å²) in [6.07, 6.45) is 2.24. The van der Waals surface area contributed by atoms with Crippen molar-refractivity contribution in [2.75, 3.05) is 20.1 Å². The molecule has 1 aliphatic carbocycles. The predicted molar refractivity (Wildman–Crippen MR) is 100 cm³/mol. The van der Waals surface area contributed by atoms with Gasteiger partial charge in [0.05, 0.1) is 5.54 Å². The summed E-state index contributed by atoms with van der Waals surface area (Å²) < 4.78 is 13.6. The minimum Gasteiger partial charge on any atom is -0.304 e. The van der Waals surface area contributed by atoms with Crippen LogP contribution in [0.25, 0.3) is 0 Å². The van der Waals surface area contributed by atoms with Gasteiger partial charge in [0.1, 0.15) is 5.82 Å². The van der Waals surface area contributed by atoms with Crippen molar-refractivity contribution in [3.8, 4) is 0 Å². The second-order valence-corrected chi connectivity index (χ2v) is 8.01. The third kappa shape index (κ3) is 2.37. The summed E-state index contributed by atoms with van der Waals surface area (Å²) in [7, 11) is 2.21. The molecule has 2 aliphatic rings. The van der Waals surface area contributed by atoms with Crippen molar-refractivity contribution in [2.24, 2.45) is 0 Å². The molecule has 132 valence electrons. The summed E-state index contributed by atoms with van der Waals surface area (Å²) in [6.45, 7) is 6.60. The van der Waals surface area contributed by atoms with Gasteiger partial charge < -0.3 is 5.32 Å². The summed E-state index contributed by atoms with van der Waals surface area (Å²) >= 11 is 0. The number of hydrogen-bond acceptors (Lipinski definition) is 2. The topological polar surface area (TPSA) is 15.3 Å². The molecule has 0 saturated carbocycles. The molecule has 2 aromatic rings. The van der Waals surface area contributed by atoms with Crippen molar-refractivity contribution in [3.63, 3.8) is 0 Å². The fourth-order valence-corrected chi connectivity index (χ4v) is 5.14. The predicted octanol–water partition coefficient (Wildman–Crippen LogP) is 4.06. The van der Waals surface area contributed by atoms with E-state index < -0.39 is 0 Å². The quantitative estimate of drug-likeness (QED) is 0.888. The van der Waals surface area contributed by atoms with Gasteiger partial charge in [-0.2, -0.15) is 0 Å². The Morgan fingerprint density at radius 3 is 2.56 bits per heavy atom. The molecule has 2 unspecified atom stereocenters. The van der Waals surface area contributed by atoms with Crippen LogP contribution in [-0.4, -0.2) is 30.6 Å². The Morgan fingerprint density at radius 1 is 1.08 bits per heavy atom. The van der Waals surface area contributed by atoms with Crippen LogP contribution < -0.4 is 5.32 Å². The number of benzene rings is 2. The Morgan fingerprint density at radius 2 is 1.80 bits per heavy atom. The smallest absolute Gasteiger partial charge is 0.123 e. The molecule has 25 heavy (non-hydrogen) atoms. The number of hydrogen-bond donors (Lipinski definition) is 1. The molecular weight excluding hydrogens is 311 g/mol. The molecule has 0 spiro atoms. The van der Waals surface area contributed by atoms with Crippen LogP contribution in [0, 0.1) is 5.82 Å². The largest absolute Gasteiger partial charge is 0.304 e. The molecule has 0 radical (unpaired) electrons. The van der Waals surface area contributed by atoms with Gasteiger partial charge in [0, 0.05) is 24.5 Å². The van der Waals surface area contributed by atoms with Gasteiger partial charge in [0.15, 0.2) is 0 Å². The molecule has 2 nitrogen and oxygen atoms in total. The van der Waals surface area contributed by atoms with Crippen LogP contribution in [0.5, 0.6) is 0 Å². The van der Waals surface area contributed by atoms with E-state index in [0.29, 0.717) is 5.92 Å². The molecule has 3 heteroatoms. The number of rotatable bonds is 2. The fraction of sp³-hybridized carbons (Fsp3) is 0.455. The van der Waals surface area contributed by atoms with E-state index in [-0.39, 0.29) is 16.9 Å². The minimum absolute atomic E-state index is 0.0921. The molecule has 2 atom stereocenters. The fourth-order valence-electron chi connectivity index (χ4n) is 5.14. The molecule has 1 saturated heterocycles. The van der Waals surface area contributed by atoms with Crippen molar-refractivity contribution < 1.29 is 4.39 Å². The zero-order chi connectivity index (χ0) is 17.7. The molecule has 0 aromatic heterocycles. The van der Waals surface area contributed by atoms with Crippen molar-refractivity contribution in [1.29, 1.82) is 0 Å².